The number of nitrogens with zero attached hydrogens (tertiary/aromatic N) is 2. The first kappa shape index (κ1) is 21.1. The Morgan fingerprint density at radius 3 is 2.50 bits per heavy atom. The van der Waals surface area contributed by atoms with Crippen molar-refractivity contribution in [1.29, 1.82) is 0 Å². The Hall–Kier alpha value is -3.59. The maximum Gasteiger partial charge on any atom is 0.322 e. The lowest BCUT2D eigenvalue weighted by molar-refractivity contribution is -0.138. The number of aliphatic carboxylic acids is 1. The van der Waals surface area contributed by atoms with Crippen LogP contribution < -0.4 is 10.1 Å². The number of hydrogen-bond donors (Lipinski definition) is 3. The van der Waals surface area contributed by atoms with Gasteiger partial charge in [-0.05, 0) is 29.8 Å². The Balaban J connectivity index is 1.64. The topological polar surface area (TPSA) is 129 Å². The maximum atomic E-state index is 12.6. The second-order valence-corrected chi connectivity index (χ2v) is 6.82. The molecule has 0 bridgehead atoms. The number of amides is 2. The van der Waals surface area contributed by atoms with E-state index >= 15 is 0 Å². The van der Waals surface area contributed by atoms with Crippen LogP contribution in [-0.4, -0.2) is 51.0 Å². The van der Waals surface area contributed by atoms with Crippen molar-refractivity contribution in [1.82, 2.24) is 15.2 Å². The minimum atomic E-state index is -1.25. The molecule has 9 nitrogen and oxygen atoms in total. The van der Waals surface area contributed by atoms with Gasteiger partial charge in [-0.25, -0.2) is 4.98 Å². The summed E-state index contributed by atoms with van der Waals surface area (Å²) in [5, 5.41) is 21.1. The summed E-state index contributed by atoms with van der Waals surface area (Å²) in [5.41, 5.74) is 0.356. The number of nitrogens with one attached hydrogen (secondary N) is 1. The highest BCUT2D eigenvalue weighted by atomic mass is 35.5. The summed E-state index contributed by atoms with van der Waals surface area (Å²) in [6, 6.07) is 10.3. The van der Waals surface area contributed by atoms with E-state index in [4.69, 9.17) is 21.4 Å². The average molecular weight is 432 g/mol. The van der Waals surface area contributed by atoms with Crippen LogP contribution in [0.3, 0.4) is 0 Å². The fraction of sp³-hybridized carbons (Fsp3) is 0.200. The van der Waals surface area contributed by atoms with E-state index < -0.39 is 29.9 Å². The van der Waals surface area contributed by atoms with Crippen molar-refractivity contribution in [2.24, 2.45) is 0 Å². The zero-order valence-corrected chi connectivity index (χ0v) is 16.4. The second kappa shape index (κ2) is 9.27. The molecule has 2 amide bonds. The number of benzene rings is 1. The largest absolute Gasteiger partial charge is 0.511 e. The van der Waals surface area contributed by atoms with Gasteiger partial charge in [0.2, 0.25) is 0 Å². The number of hydrogen-bond acceptors (Lipinski definition) is 6. The van der Waals surface area contributed by atoms with E-state index in [1.54, 1.807) is 36.4 Å². The van der Waals surface area contributed by atoms with Gasteiger partial charge in [0, 0.05) is 19.5 Å². The van der Waals surface area contributed by atoms with E-state index in [9.17, 15) is 19.5 Å². The molecular formula is C20H18ClN3O6. The lowest BCUT2D eigenvalue weighted by Gasteiger charge is -2.28. The molecule has 0 atom stereocenters. The maximum absolute atomic E-state index is 12.6. The van der Waals surface area contributed by atoms with Crippen molar-refractivity contribution in [3.8, 4) is 11.5 Å². The predicted octanol–water partition coefficient (Wildman–Crippen LogP) is 2.27. The number of aromatic nitrogens is 1. The van der Waals surface area contributed by atoms with Crippen LogP contribution in [0.1, 0.15) is 12.0 Å². The SMILES string of the molecule is O=C(O)CNC(=O)C1=C(O)CCN(Cc2ccc(Oc3ccc(Cl)nc3)cc2)C1=O. The first-order valence-corrected chi connectivity index (χ1v) is 9.31. The fourth-order valence-electron chi connectivity index (χ4n) is 2.81. The molecule has 30 heavy (non-hydrogen) atoms. The summed E-state index contributed by atoms with van der Waals surface area (Å²) < 4.78 is 5.67. The summed E-state index contributed by atoms with van der Waals surface area (Å²) in [6.45, 7) is -0.201. The van der Waals surface area contributed by atoms with Crippen molar-refractivity contribution in [2.75, 3.05) is 13.1 Å². The van der Waals surface area contributed by atoms with Gasteiger partial charge in [-0.1, -0.05) is 23.7 Å². The Morgan fingerprint density at radius 2 is 1.87 bits per heavy atom. The van der Waals surface area contributed by atoms with Gasteiger partial charge in [-0.15, -0.1) is 0 Å². The summed E-state index contributed by atoms with van der Waals surface area (Å²) >= 11 is 5.74. The molecule has 1 aliphatic heterocycles. The zero-order chi connectivity index (χ0) is 21.7. The van der Waals surface area contributed by atoms with E-state index in [1.165, 1.54) is 11.1 Å². The molecule has 0 spiro atoms. The molecule has 2 aromatic rings. The quantitative estimate of drug-likeness (QED) is 0.453. The number of halogens is 1. The molecule has 3 N–H and O–H groups in total. The lowest BCUT2D eigenvalue weighted by atomic mass is 10.0. The Morgan fingerprint density at radius 1 is 1.17 bits per heavy atom. The van der Waals surface area contributed by atoms with Gasteiger partial charge in [-0.2, -0.15) is 0 Å². The summed E-state index contributed by atoms with van der Waals surface area (Å²) in [7, 11) is 0. The summed E-state index contributed by atoms with van der Waals surface area (Å²) in [6.07, 6.45) is 1.60. The molecule has 0 saturated heterocycles. The van der Waals surface area contributed by atoms with Gasteiger partial charge < -0.3 is 25.2 Å². The van der Waals surface area contributed by atoms with Gasteiger partial charge in [0.15, 0.2) is 0 Å². The van der Waals surface area contributed by atoms with Crippen LogP contribution in [-0.2, 0) is 20.9 Å². The van der Waals surface area contributed by atoms with Crippen LogP contribution in [0.15, 0.2) is 53.9 Å². The summed E-state index contributed by atoms with van der Waals surface area (Å²) in [5.74, 6) is -2.08. The van der Waals surface area contributed by atoms with Crippen molar-refractivity contribution >= 4 is 29.4 Å². The van der Waals surface area contributed by atoms with Crippen LogP contribution in [0.25, 0.3) is 0 Å². The molecule has 1 aromatic carbocycles. The monoisotopic (exact) mass is 431 g/mol. The number of carbonyl (C=O) groups is 3. The molecule has 10 heteroatoms. The third-order valence-electron chi connectivity index (χ3n) is 4.27. The van der Waals surface area contributed by atoms with E-state index in [2.05, 4.69) is 10.3 Å². The molecule has 1 aromatic heterocycles. The molecule has 0 aliphatic carbocycles. The minimum Gasteiger partial charge on any atom is -0.511 e. The van der Waals surface area contributed by atoms with Crippen LogP contribution in [0.5, 0.6) is 11.5 Å². The second-order valence-electron chi connectivity index (χ2n) is 6.44. The van der Waals surface area contributed by atoms with Crippen LogP contribution in [0.2, 0.25) is 5.15 Å². The molecule has 1 aliphatic rings. The van der Waals surface area contributed by atoms with Crippen molar-refractivity contribution < 1.29 is 29.3 Å². The highest BCUT2D eigenvalue weighted by Crippen LogP contribution is 2.24. The Kier molecular flexibility index (Phi) is 6.53. The van der Waals surface area contributed by atoms with E-state index in [-0.39, 0.29) is 25.3 Å². The fourth-order valence-corrected chi connectivity index (χ4v) is 2.93. The molecule has 0 radical (unpaired) electrons. The van der Waals surface area contributed by atoms with E-state index in [0.29, 0.717) is 16.7 Å². The van der Waals surface area contributed by atoms with Gasteiger partial charge in [-0.3, -0.25) is 14.4 Å². The number of ether oxygens (including phenoxy) is 1. The minimum absolute atomic E-state index is 0.103. The molecule has 0 saturated carbocycles. The Labute approximate surface area is 176 Å². The molecule has 3 rings (SSSR count). The van der Waals surface area contributed by atoms with Gasteiger partial charge >= 0.3 is 5.97 Å². The van der Waals surface area contributed by atoms with Crippen molar-refractivity contribution in [3.05, 3.63) is 64.6 Å². The van der Waals surface area contributed by atoms with E-state index in [0.717, 1.165) is 5.56 Å². The van der Waals surface area contributed by atoms with Crippen LogP contribution in [0, 0.1) is 0 Å². The third-order valence-corrected chi connectivity index (χ3v) is 4.49. The normalized spacial score (nSPS) is 13.9. The smallest absolute Gasteiger partial charge is 0.322 e. The number of aliphatic hydroxyl groups is 1. The zero-order valence-electron chi connectivity index (χ0n) is 15.7. The predicted molar refractivity (Wildman–Crippen MR) is 106 cm³/mol. The number of pyridine rings is 1. The first-order chi connectivity index (χ1) is 14.3. The average Bonchev–Trinajstić information content (AvgIpc) is 2.72. The van der Waals surface area contributed by atoms with Crippen LogP contribution in [0.4, 0.5) is 0 Å². The molecule has 2 heterocycles. The molecule has 0 unspecified atom stereocenters. The summed E-state index contributed by atoms with van der Waals surface area (Å²) in [4.78, 5) is 40.7. The molecular weight excluding hydrogens is 414 g/mol. The number of carboxylic acids is 1. The van der Waals surface area contributed by atoms with Crippen molar-refractivity contribution in [3.63, 3.8) is 0 Å². The number of aliphatic hydroxyl groups excluding tert-OH is 1. The highest BCUT2D eigenvalue weighted by Gasteiger charge is 2.32. The number of carbonyl (C=O) groups excluding carboxylic acids is 2. The standard InChI is InChI=1S/C20H18ClN3O6/c21-16-6-5-14(9-22-16)30-13-3-1-12(2-4-13)11-24-8-7-15(25)18(20(24)29)19(28)23-10-17(26)27/h1-6,9,25H,7-8,10-11H2,(H,23,28)(H,26,27). The van der Waals surface area contributed by atoms with Crippen LogP contribution >= 0.6 is 11.6 Å². The van der Waals surface area contributed by atoms with Gasteiger partial charge in [0.1, 0.15) is 34.5 Å². The molecule has 156 valence electrons. The third kappa shape index (κ3) is 5.26. The first-order valence-electron chi connectivity index (χ1n) is 8.93. The van der Waals surface area contributed by atoms with Gasteiger partial charge in [0.05, 0.1) is 6.20 Å². The molecule has 0 fully saturated rings. The lowest BCUT2D eigenvalue weighted by Crippen LogP contribution is -2.43. The van der Waals surface area contributed by atoms with Crippen molar-refractivity contribution in [2.45, 2.75) is 13.0 Å². The van der Waals surface area contributed by atoms with E-state index in [1.807, 2.05) is 0 Å². The number of carboxylic acid groups (broad SMARTS) is 1. The Bertz CT molecular complexity index is 989. The number of rotatable bonds is 7. The van der Waals surface area contributed by atoms with Gasteiger partial charge in [0.25, 0.3) is 11.8 Å². The highest BCUT2D eigenvalue weighted by molar-refractivity contribution is 6.29.